The Labute approximate surface area is 109 Å². The maximum Gasteiger partial charge on any atom is 0.239 e. The van der Waals surface area contributed by atoms with Crippen molar-refractivity contribution < 1.29 is 9.59 Å². The first-order chi connectivity index (χ1) is 8.47. The van der Waals surface area contributed by atoms with Crippen LogP contribution in [0, 0.1) is 0 Å². The predicted octanol–water partition coefficient (Wildman–Crippen LogP) is 0.583. The van der Waals surface area contributed by atoms with Crippen LogP contribution in [-0.4, -0.2) is 53.3 Å². The highest BCUT2D eigenvalue weighted by Gasteiger charge is 2.29. The van der Waals surface area contributed by atoms with Gasteiger partial charge in [-0.25, -0.2) is 0 Å². The summed E-state index contributed by atoms with van der Waals surface area (Å²) in [6, 6.07) is -0.334. The molecule has 1 heterocycles. The largest absolute Gasteiger partial charge is 0.341 e. The molecule has 0 aliphatic carbocycles. The number of hydrogen-bond acceptors (Lipinski definition) is 3. The van der Waals surface area contributed by atoms with Crippen LogP contribution in [0.1, 0.15) is 40.0 Å². The molecular formula is C13H25N3O2. The van der Waals surface area contributed by atoms with Crippen LogP contribution in [0.3, 0.4) is 0 Å². The van der Waals surface area contributed by atoms with E-state index in [1.807, 2.05) is 11.8 Å². The van der Waals surface area contributed by atoms with E-state index >= 15 is 0 Å². The monoisotopic (exact) mass is 255 g/mol. The van der Waals surface area contributed by atoms with Crippen molar-refractivity contribution in [3.8, 4) is 0 Å². The average Bonchev–Trinajstić information content (AvgIpc) is 2.35. The van der Waals surface area contributed by atoms with Crippen molar-refractivity contribution in [2.75, 3.05) is 19.6 Å². The second-order valence-corrected chi connectivity index (χ2v) is 5.03. The summed E-state index contributed by atoms with van der Waals surface area (Å²) in [5, 5.41) is 0. The maximum absolute atomic E-state index is 12.0. The fourth-order valence-corrected chi connectivity index (χ4v) is 2.48. The van der Waals surface area contributed by atoms with E-state index in [1.165, 1.54) is 0 Å². The van der Waals surface area contributed by atoms with Crippen molar-refractivity contribution in [2.24, 2.45) is 5.73 Å². The zero-order chi connectivity index (χ0) is 13.7. The molecule has 1 rings (SSSR count). The number of likely N-dealkylation sites (tertiary alicyclic amines) is 1. The fraction of sp³-hybridized carbons (Fsp3) is 0.846. The smallest absolute Gasteiger partial charge is 0.239 e. The molecule has 2 atom stereocenters. The number of nitrogens with zero attached hydrogens (tertiary/aromatic N) is 2. The van der Waals surface area contributed by atoms with E-state index in [9.17, 15) is 9.59 Å². The Hall–Kier alpha value is -1.10. The zero-order valence-electron chi connectivity index (χ0n) is 11.7. The lowest BCUT2D eigenvalue weighted by atomic mass is 10.0. The summed E-state index contributed by atoms with van der Waals surface area (Å²) < 4.78 is 0. The number of rotatable bonds is 4. The summed E-state index contributed by atoms with van der Waals surface area (Å²) in [5.41, 5.74) is 5.68. The lowest BCUT2D eigenvalue weighted by Crippen LogP contribution is -2.54. The number of hydrogen-bond donors (Lipinski definition) is 1. The molecule has 104 valence electrons. The second kappa shape index (κ2) is 6.73. The van der Waals surface area contributed by atoms with Crippen LogP contribution in [0.5, 0.6) is 0 Å². The molecular weight excluding hydrogens is 230 g/mol. The number of nitrogens with two attached hydrogens (primary N) is 1. The van der Waals surface area contributed by atoms with Crippen LogP contribution >= 0.6 is 0 Å². The van der Waals surface area contributed by atoms with Crippen LogP contribution < -0.4 is 5.73 Å². The molecule has 2 N–H and O–H groups in total. The van der Waals surface area contributed by atoms with Crippen LogP contribution in [-0.2, 0) is 9.59 Å². The summed E-state index contributed by atoms with van der Waals surface area (Å²) in [5.74, 6) is 0.0653. The highest BCUT2D eigenvalue weighted by Crippen LogP contribution is 2.19. The van der Waals surface area contributed by atoms with Gasteiger partial charge in [-0.05, 0) is 33.1 Å². The third-order valence-electron chi connectivity index (χ3n) is 3.56. The molecule has 18 heavy (non-hydrogen) atoms. The van der Waals surface area contributed by atoms with E-state index in [-0.39, 0.29) is 17.9 Å². The summed E-state index contributed by atoms with van der Waals surface area (Å²) in [4.78, 5) is 27.2. The normalized spacial score (nSPS) is 21.6. The molecule has 1 saturated heterocycles. The highest BCUT2D eigenvalue weighted by molar-refractivity contribution is 5.81. The van der Waals surface area contributed by atoms with Crippen molar-refractivity contribution in [3.05, 3.63) is 0 Å². The molecule has 0 bridgehead atoms. The van der Waals surface area contributed by atoms with Gasteiger partial charge in [0, 0.05) is 32.6 Å². The van der Waals surface area contributed by atoms with Gasteiger partial charge in [0.1, 0.15) is 0 Å². The Morgan fingerprint density at radius 3 is 2.61 bits per heavy atom. The van der Waals surface area contributed by atoms with Gasteiger partial charge < -0.3 is 15.5 Å². The first kappa shape index (κ1) is 15.0. The third-order valence-corrected chi connectivity index (χ3v) is 3.56. The van der Waals surface area contributed by atoms with Gasteiger partial charge in [-0.15, -0.1) is 0 Å². The van der Waals surface area contributed by atoms with E-state index in [2.05, 4.69) is 0 Å². The predicted molar refractivity (Wildman–Crippen MR) is 70.9 cm³/mol. The van der Waals surface area contributed by atoms with Gasteiger partial charge >= 0.3 is 0 Å². The molecule has 0 aromatic carbocycles. The molecule has 5 nitrogen and oxygen atoms in total. The van der Waals surface area contributed by atoms with Gasteiger partial charge in [-0.1, -0.05) is 0 Å². The van der Waals surface area contributed by atoms with Crippen molar-refractivity contribution in [1.82, 2.24) is 9.80 Å². The minimum absolute atomic E-state index is 0.000643. The number of carbonyl (C=O) groups excluding carboxylic acids is 2. The molecule has 0 radical (unpaired) electrons. The Morgan fingerprint density at radius 1 is 1.44 bits per heavy atom. The van der Waals surface area contributed by atoms with Crippen LogP contribution in [0.4, 0.5) is 0 Å². The van der Waals surface area contributed by atoms with Gasteiger partial charge in [0.15, 0.2) is 0 Å². The molecule has 1 fully saturated rings. The molecule has 0 aromatic rings. The standard InChI is InChI=1S/C13H25N3O2/c1-4-15(11(3)17)9-12-7-5-6-8-16(12)13(18)10(2)14/h10,12H,4-9,14H2,1-3H3/t10-,12+/m0/s1. The van der Waals surface area contributed by atoms with E-state index in [0.29, 0.717) is 13.1 Å². The Morgan fingerprint density at radius 2 is 2.11 bits per heavy atom. The Balaban J connectivity index is 2.70. The Kier molecular flexibility index (Phi) is 5.59. The molecule has 1 aliphatic rings. The minimum Gasteiger partial charge on any atom is -0.341 e. The van der Waals surface area contributed by atoms with E-state index < -0.39 is 6.04 Å². The van der Waals surface area contributed by atoms with Gasteiger partial charge in [-0.3, -0.25) is 9.59 Å². The summed E-state index contributed by atoms with van der Waals surface area (Å²) in [6.45, 7) is 7.33. The van der Waals surface area contributed by atoms with Crippen molar-refractivity contribution >= 4 is 11.8 Å². The van der Waals surface area contributed by atoms with Gasteiger partial charge in [0.2, 0.25) is 11.8 Å². The molecule has 0 saturated carbocycles. The molecule has 0 spiro atoms. The average molecular weight is 255 g/mol. The van der Waals surface area contributed by atoms with Gasteiger partial charge in [0.05, 0.1) is 6.04 Å². The second-order valence-electron chi connectivity index (χ2n) is 5.03. The quantitative estimate of drug-likeness (QED) is 0.799. The van der Waals surface area contributed by atoms with Crippen molar-refractivity contribution in [1.29, 1.82) is 0 Å². The van der Waals surface area contributed by atoms with Crippen molar-refractivity contribution in [2.45, 2.75) is 52.1 Å². The highest BCUT2D eigenvalue weighted by atomic mass is 16.2. The molecule has 1 aliphatic heterocycles. The van der Waals surface area contributed by atoms with Gasteiger partial charge in [0.25, 0.3) is 0 Å². The molecule has 0 aromatic heterocycles. The summed E-state index contributed by atoms with van der Waals surface area (Å²) >= 11 is 0. The lowest BCUT2D eigenvalue weighted by Gasteiger charge is -2.39. The first-order valence-corrected chi connectivity index (χ1v) is 6.79. The molecule has 2 amide bonds. The Bertz CT molecular complexity index is 305. The number of piperidine rings is 1. The SMILES string of the molecule is CCN(C[C@H]1CCCCN1C(=O)[C@H](C)N)C(C)=O. The van der Waals surface area contributed by atoms with Gasteiger partial charge in [-0.2, -0.15) is 0 Å². The fourth-order valence-electron chi connectivity index (χ4n) is 2.48. The molecule has 0 unspecified atom stereocenters. The molecule has 5 heteroatoms. The number of likely N-dealkylation sites (N-methyl/N-ethyl adjacent to an activating group) is 1. The third kappa shape index (κ3) is 3.70. The lowest BCUT2D eigenvalue weighted by molar-refractivity contribution is -0.139. The number of carbonyl (C=O) groups is 2. The van der Waals surface area contributed by atoms with E-state index in [1.54, 1.807) is 18.7 Å². The van der Waals surface area contributed by atoms with Crippen molar-refractivity contribution in [3.63, 3.8) is 0 Å². The summed E-state index contributed by atoms with van der Waals surface area (Å²) in [6.07, 6.45) is 3.10. The number of amides is 2. The van der Waals surface area contributed by atoms with Crippen LogP contribution in [0.2, 0.25) is 0 Å². The topological polar surface area (TPSA) is 66.6 Å². The maximum atomic E-state index is 12.0. The summed E-state index contributed by atoms with van der Waals surface area (Å²) in [7, 11) is 0. The van der Waals surface area contributed by atoms with Crippen LogP contribution in [0.25, 0.3) is 0 Å². The van der Waals surface area contributed by atoms with E-state index in [4.69, 9.17) is 5.73 Å². The van der Waals surface area contributed by atoms with Crippen LogP contribution in [0.15, 0.2) is 0 Å². The minimum atomic E-state index is -0.460. The van der Waals surface area contributed by atoms with E-state index in [0.717, 1.165) is 25.8 Å². The zero-order valence-corrected chi connectivity index (χ0v) is 11.7. The first-order valence-electron chi connectivity index (χ1n) is 6.79.